The summed E-state index contributed by atoms with van der Waals surface area (Å²) >= 11 is 0. The van der Waals surface area contributed by atoms with Crippen LogP contribution in [0.25, 0.3) is 6.08 Å². The van der Waals surface area contributed by atoms with Crippen LogP contribution in [0.3, 0.4) is 0 Å². The molecule has 0 aliphatic heterocycles. The van der Waals surface area contributed by atoms with Gasteiger partial charge in [0, 0.05) is 5.56 Å². The van der Waals surface area contributed by atoms with E-state index in [0.717, 1.165) is 12.0 Å². The molecule has 2 nitrogen and oxygen atoms in total. The number of hydrogen-bond acceptors (Lipinski definition) is 2. The summed E-state index contributed by atoms with van der Waals surface area (Å²) in [5.41, 5.74) is 2.20. The van der Waals surface area contributed by atoms with Crippen LogP contribution < -0.4 is 10.7 Å². The van der Waals surface area contributed by atoms with Crippen molar-refractivity contribution in [1.29, 1.82) is 0 Å². The van der Waals surface area contributed by atoms with E-state index in [9.17, 15) is 0 Å². The van der Waals surface area contributed by atoms with Crippen LogP contribution in [0.4, 0.5) is 0 Å². The Bertz CT molecular complexity index is 281. The normalized spacial score (nSPS) is 9.50. The first-order valence-electron chi connectivity index (χ1n) is 3.94. The lowest BCUT2D eigenvalue weighted by atomic mass is 10.1. The fraction of sp³-hybridized carbons (Fsp3) is 0.200. The van der Waals surface area contributed by atoms with E-state index in [-0.39, 0.29) is 0 Å². The van der Waals surface area contributed by atoms with Crippen molar-refractivity contribution in [1.82, 2.24) is 0 Å². The molecule has 1 aromatic rings. The molecule has 0 bridgehead atoms. The van der Waals surface area contributed by atoms with Crippen LogP contribution in [0.1, 0.15) is 18.1 Å². The molecule has 64 valence electrons. The third kappa shape index (κ3) is 1.66. The highest BCUT2D eigenvalue weighted by Gasteiger charge is 1.99. The molecule has 0 spiro atoms. The summed E-state index contributed by atoms with van der Waals surface area (Å²) in [6.45, 7) is 5.78. The van der Waals surface area contributed by atoms with E-state index in [1.165, 1.54) is 5.56 Å². The minimum atomic E-state index is 0.669. The Balaban J connectivity index is 3.10. The lowest BCUT2D eigenvalue weighted by Crippen LogP contribution is -2.03. The van der Waals surface area contributed by atoms with Crippen LogP contribution in [-0.2, 0) is 6.42 Å². The molecule has 0 unspecified atom stereocenters. The molecule has 0 aliphatic carbocycles. The van der Waals surface area contributed by atoms with Crippen molar-refractivity contribution in [3.05, 3.63) is 35.9 Å². The Morgan fingerprint density at radius 1 is 1.58 bits per heavy atom. The van der Waals surface area contributed by atoms with Gasteiger partial charge in [-0.2, -0.15) is 5.90 Å². The van der Waals surface area contributed by atoms with E-state index < -0.39 is 0 Å². The van der Waals surface area contributed by atoms with Gasteiger partial charge >= 0.3 is 0 Å². The molecular weight excluding hydrogens is 150 g/mol. The Kier molecular flexibility index (Phi) is 2.88. The smallest absolute Gasteiger partial charge is 0.154 e. The second kappa shape index (κ2) is 3.93. The van der Waals surface area contributed by atoms with E-state index >= 15 is 0 Å². The molecule has 0 fully saturated rings. The number of benzene rings is 1. The number of hydrogen-bond donors (Lipinski definition) is 1. The fourth-order valence-corrected chi connectivity index (χ4v) is 1.08. The molecule has 2 heteroatoms. The van der Waals surface area contributed by atoms with Crippen LogP contribution in [0.15, 0.2) is 24.8 Å². The first-order chi connectivity index (χ1) is 5.81. The molecule has 0 radical (unpaired) electrons. The molecule has 0 amide bonds. The zero-order chi connectivity index (χ0) is 8.97. The van der Waals surface area contributed by atoms with E-state index in [1.54, 1.807) is 6.08 Å². The van der Waals surface area contributed by atoms with Gasteiger partial charge in [0.25, 0.3) is 0 Å². The van der Waals surface area contributed by atoms with Gasteiger partial charge in [-0.1, -0.05) is 25.6 Å². The van der Waals surface area contributed by atoms with Crippen molar-refractivity contribution in [3.8, 4) is 5.75 Å². The fourth-order valence-electron chi connectivity index (χ4n) is 1.08. The maximum Gasteiger partial charge on any atom is 0.154 e. The Hall–Kier alpha value is -1.28. The minimum absolute atomic E-state index is 0.669. The number of aryl methyl sites for hydroxylation is 1. The second-order valence-corrected chi connectivity index (χ2v) is 2.55. The summed E-state index contributed by atoms with van der Waals surface area (Å²) < 4.78 is 0. The summed E-state index contributed by atoms with van der Waals surface area (Å²) in [6, 6.07) is 5.88. The molecule has 12 heavy (non-hydrogen) atoms. The van der Waals surface area contributed by atoms with Crippen molar-refractivity contribution in [2.24, 2.45) is 5.90 Å². The van der Waals surface area contributed by atoms with Crippen LogP contribution in [0, 0.1) is 0 Å². The van der Waals surface area contributed by atoms with E-state index in [0.29, 0.717) is 5.75 Å². The summed E-state index contributed by atoms with van der Waals surface area (Å²) in [7, 11) is 0. The summed E-state index contributed by atoms with van der Waals surface area (Å²) in [5, 5.41) is 0. The Morgan fingerprint density at radius 3 is 2.83 bits per heavy atom. The largest absolute Gasteiger partial charge is 0.411 e. The maximum absolute atomic E-state index is 5.07. The average Bonchev–Trinajstić information content (AvgIpc) is 2.16. The van der Waals surface area contributed by atoms with Crippen molar-refractivity contribution in [2.45, 2.75) is 13.3 Å². The van der Waals surface area contributed by atoms with Gasteiger partial charge in [-0.25, -0.2) is 0 Å². The van der Waals surface area contributed by atoms with Gasteiger partial charge in [0.2, 0.25) is 0 Å². The van der Waals surface area contributed by atoms with Gasteiger partial charge in [0.15, 0.2) is 5.75 Å². The van der Waals surface area contributed by atoms with Crippen LogP contribution >= 0.6 is 0 Å². The Labute approximate surface area is 72.6 Å². The second-order valence-electron chi connectivity index (χ2n) is 2.55. The van der Waals surface area contributed by atoms with Gasteiger partial charge in [-0.05, 0) is 24.1 Å². The summed E-state index contributed by atoms with van der Waals surface area (Å²) in [5.74, 6) is 5.74. The first kappa shape index (κ1) is 8.81. The van der Waals surface area contributed by atoms with Gasteiger partial charge < -0.3 is 4.84 Å². The highest BCUT2D eigenvalue weighted by atomic mass is 16.6. The number of rotatable bonds is 3. The van der Waals surface area contributed by atoms with Crippen LogP contribution in [-0.4, -0.2) is 0 Å². The topological polar surface area (TPSA) is 35.2 Å². The lowest BCUT2D eigenvalue weighted by molar-refractivity contribution is 0.333. The summed E-state index contributed by atoms with van der Waals surface area (Å²) in [4.78, 5) is 4.66. The molecular formula is C10H13NO. The number of nitrogens with two attached hydrogens (primary N) is 1. The molecule has 0 saturated carbocycles. The zero-order valence-electron chi connectivity index (χ0n) is 7.21. The van der Waals surface area contributed by atoms with Gasteiger partial charge in [0.05, 0.1) is 0 Å². The van der Waals surface area contributed by atoms with Crippen LogP contribution in [0.2, 0.25) is 0 Å². The monoisotopic (exact) mass is 163 g/mol. The molecule has 2 N–H and O–H groups in total. The maximum atomic E-state index is 5.07. The van der Waals surface area contributed by atoms with Crippen LogP contribution in [0.5, 0.6) is 5.75 Å². The summed E-state index contributed by atoms with van der Waals surface area (Å²) in [6.07, 6.45) is 2.74. The minimum Gasteiger partial charge on any atom is -0.411 e. The SMILES string of the molecule is C=Cc1cc(CC)ccc1ON. The van der Waals surface area contributed by atoms with Gasteiger partial charge in [-0.3, -0.25) is 0 Å². The van der Waals surface area contributed by atoms with Crippen molar-refractivity contribution in [3.63, 3.8) is 0 Å². The van der Waals surface area contributed by atoms with E-state index in [4.69, 9.17) is 5.90 Å². The quantitative estimate of drug-likeness (QED) is 0.693. The van der Waals surface area contributed by atoms with Crippen molar-refractivity contribution >= 4 is 6.08 Å². The molecule has 0 aromatic heterocycles. The third-order valence-electron chi connectivity index (χ3n) is 1.83. The molecule has 0 aliphatic rings. The predicted octanol–water partition coefficient (Wildman–Crippen LogP) is 2.14. The molecule has 1 rings (SSSR count). The lowest BCUT2D eigenvalue weighted by Gasteiger charge is -2.04. The van der Waals surface area contributed by atoms with Gasteiger partial charge in [-0.15, -0.1) is 0 Å². The van der Waals surface area contributed by atoms with E-state index in [1.807, 2.05) is 18.2 Å². The first-order valence-corrected chi connectivity index (χ1v) is 3.94. The van der Waals surface area contributed by atoms with Crippen molar-refractivity contribution < 1.29 is 4.84 Å². The van der Waals surface area contributed by atoms with E-state index in [2.05, 4.69) is 18.3 Å². The molecule has 1 aromatic carbocycles. The zero-order valence-corrected chi connectivity index (χ0v) is 7.21. The molecule has 0 heterocycles. The van der Waals surface area contributed by atoms with Gasteiger partial charge in [0.1, 0.15) is 0 Å². The third-order valence-corrected chi connectivity index (χ3v) is 1.83. The predicted molar refractivity (Wildman–Crippen MR) is 50.7 cm³/mol. The highest BCUT2D eigenvalue weighted by Crippen LogP contribution is 2.20. The van der Waals surface area contributed by atoms with Crippen molar-refractivity contribution in [2.75, 3.05) is 0 Å². The highest BCUT2D eigenvalue weighted by molar-refractivity contribution is 5.56. The average molecular weight is 163 g/mol. The standard InChI is InChI=1S/C10H13NO/c1-3-8-5-6-10(12-11)9(4-2)7-8/h4-7H,2-3,11H2,1H3. The molecule has 0 saturated heterocycles. The molecule has 0 atom stereocenters. The Morgan fingerprint density at radius 2 is 2.33 bits per heavy atom.